The summed E-state index contributed by atoms with van der Waals surface area (Å²) in [4.78, 5) is 31.0. The number of pyridine rings is 2. The van der Waals surface area contributed by atoms with Crippen molar-refractivity contribution in [1.82, 2.24) is 26.1 Å². The van der Waals surface area contributed by atoms with Gasteiger partial charge in [0, 0.05) is 28.5 Å². The first kappa shape index (κ1) is 21.8. The van der Waals surface area contributed by atoms with Crippen molar-refractivity contribution in [3.8, 4) is 11.1 Å². The Balaban J connectivity index is 1.59. The maximum Gasteiger partial charge on any atom is 0.333 e. The first-order valence-corrected chi connectivity index (χ1v) is 8.96. The first-order chi connectivity index (χ1) is 14.7. The standard InChI is InChI=1S/C19H14ClF3N6O2/c20-11-3-13(17(24)15(23)4-11)9-2-14(22)16(26-6-9)8-27-19(31)29-28-18(30)10-1-12(21)7-25-5-10/h1-7H,8,24H2,(H,28,30)(H2,27,29,31). The van der Waals surface area contributed by atoms with Gasteiger partial charge in [-0.05, 0) is 24.3 Å². The number of rotatable bonds is 4. The summed E-state index contributed by atoms with van der Waals surface area (Å²) in [6.45, 7) is -0.325. The molecule has 0 bridgehead atoms. The van der Waals surface area contributed by atoms with Gasteiger partial charge in [0.15, 0.2) is 0 Å². The number of halogens is 4. The molecule has 0 radical (unpaired) electrons. The molecule has 0 saturated heterocycles. The molecule has 2 heterocycles. The van der Waals surface area contributed by atoms with Crippen LogP contribution in [-0.2, 0) is 6.54 Å². The van der Waals surface area contributed by atoms with Gasteiger partial charge in [-0.15, -0.1) is 0 Å². The lowest BCUT2D eigenvalue weighted by molar-refractivity contribution is 0.0935. The van der Waals surface area contributed by atoms with Crippen LogP contribution < -0.4 is 21.9 Å². The number of carbonyl (C=O) groups excluding carboxylic acids is 2. The highest BCUT2D eigenvalue weighted by atomic mass is 35.5. The van der Waals surface area contributed by atoms with Gasteiger partial charge in [0.1, 0.15) is 17.5 Å². The minimum atomic E-state index is -0.871. The minimum absolute atomic E-state index is 0.0839. The van der Waals surface area contributed by atoms with E-state index in [2.05, 4.69) is 15.3 Å². The fourth-order valence-electron chi connectivity index (χ4n) is 2.50. The van der Waals surface area contributed by atoms with Crippen molar-refractivity contribution in [1.29, 1.82) is 0 Å². The monoisotopic (exact) mass is 450 g/mol. The number of nitrogens with two attached hydrogens (primary N) is 1. The molecule has 1 aromatic carbocycles. The summed E-state index contributed by atoms with van der Waals surface area (Å²) in [6, 6.07) is 3.54. The van der Waals surface area contributed by atoms with E-state index in [1.807, 2.05) is 10.9 Å². The van der Waals surface area contributed by atoms with Gasteiger partial charge in [0.05, 0.1) is 29.7 Å². The van der Waals surface area contributed by atoms with Crippen molar-refractivity contribution < 1.29 is 22.8 Å². The van der Waals surface area contributed by atoms with E-state index in [4.69, 9.17) is 17.3 Å². The molecular weight excluding hydrogens is 437 g/mol. The molecule has 3 aromatic rings. The molecule has 0 saturated carbocycles. The molecule has 0 spiro atoms. The number of hydrogen-bond donors (Lipinski definition) is 4. The van der Waals surface area contributed by atoms with E-state index < -0.39 is 29.4 Å². The van der Waals surface area contributed by atoms with Crippen LogP contribution in [0.1, 0.15) is 16.1 Å². The first-order valence-electron chi connectivity index (χ1n) is 8.58. The topological polar surface area (TPSA) is 122 Å². The molecular formula is C19H14ClF3N6O2. The molecule has 3 rings (SSSR count). The third kappa shape index (κ3) is 5.39. The predicted molar refractivity (Wildman–Crippen MR) is 106 cm³/mol. The molecule has 0 fully saturated rings. The van der Waals surface area contributed by atoms with Crippen LogP contribution in [0, 0.1) is 17.5 Å². The van der Waals surface area contributed by atoms with Crippen LogP contribution in [0.25, 0.3) is 11.1 Å². The summed E-state index contributed by atoms with van der Waals surface area (Å²) < 4.78 is 41.2. The molecule has 0 aliphatic carbocycles. The number of benzene rings is 1. The van der Waals surface area contributed by atoms with E-state index in [0.717, 1.165) is 30.6 Å². The van der Waals surface area contributed by atoms with Crippen molar-refractivity contribution >= 4 is 29.2 Å². The van der Waals surface area contributed by atoms with Crippen molar-refractivity contribution in [2.24, 2.45) is 0 Å². The summed E-state index contributed by atoms with van der Waals surface area (Å²) in [6.07, 6.45) is 3.27. The van der Waals surface area contributed by atoms with Gasteiger partial charge in [0.2, 0.25) is 0 Å². The Morgan fingerprint density at radius 3 is 2.48 bits per heavy atom. The Morgan fingerprint density at radius 1 is 1.00 bits per heavy atom. The number of nitrogen functional groups attached to an aromatic ring is 1. The average molecular weight is 451 g/mol. The lowest BCUT2D eigenvalue weighted by Gasteiger charge is -2.11. The number of hydrogen-bond acceptors (Lipinski definition) is 5. The van der Waals surface area contributed by atoms with Gasteiger partial charge in [-0.1, -0.05) is 11.6 Å². The number of carbonyl (C=O) groups is 2. The molecule has 31 heavy (non-hydrogen) atoms. The third-order valence-electron chi connectivity index (χ3n) is 4.00. The van der Waals surface area contributed by atoms with Crippen LogP contribution in [0.4, 0.5) is 23.7 Å². The van der Waals surface area contributed by atoms with Gasteiger partial charge in [-0.25, -0.2) is 23.4 Å². The number of aromatic nitrogens is 2. The van der Waals surface area contributed by atoms with E-state index >= 15 is 0 Å². The van der Waals surface area contributed by atoms with E-state index in [0.29, 0.717) is 0 Å². The van der Waals surface area contributed by atoms with E-state index in [9.17, 15) is 22.8 Å². The van der Waals surface area contributed by atoms with Crippen LogP contribution in [0.3, 0.4) is 0 Å². The number of urea groups is 1. The maximum absolute atomic E-state index is 14.4. The number of nitrogens with one attached hydrogen (secondary N) is 3. The molecule has 0 atom stereocenters. The van der Waals surface area contributed by atoms with Crippen molar-refractivity contribution in [2.75, 3.05) is 5.73 Å². The van der Waals surface area contributed by atoms with E-state index in [-0.39, 0.29) is 39.6 Å². The normalized spacial score (nSPS) is 10.5. The van der Waals surface area contributed by atoms with Gasteiger partial charge >= 0.3 is 6.03 Å². The third-order valence-corrected chi connectivity index (χ3v) is 4.21. The van der Waals surface area contributed by atoms with Crippen molar-refractivity contribution in [3.05, 3.63) is 76.6 Å². The summed E-state index contributed by atoms with van der Waals surface area (Å²) in [5.41, 5.74) is 9.66. The van der Waals surface area contributed by atoms with Crippen molar-refractivity contribution in [2.45, 2.75) is 6.54 Å². The highest BCUT2D eigenvalue weighted by Crippen LogP contribution is 2.31. The Kier molecular flexibility index (Phi) is 6.55. The fraction of sp³-hybridized carbons (Fsp3) is 0.0526. The Bertz CT molecular complexity index is 1160. The Hall–Kier alpha value is -3.86. The van der Waals surface area contributed by atoms with Crippen LogP contribution in [-0.4, -0.2) is 21.9 Å². The number of anilines is 1. The van der Waals surface area contributed by atoms with Crippen LogP contribution in [0.5, 0.6) is 0 Å². The van der Waals surface area contributed by atoms with Gasteiger partial charge < -0.3 is 11.1 Å². The molecule has 160 valence electrons. The zero-order chi connectivity index (χ0) is 22.5. The molecule has 5 N–H and O–H groups in total. The van der Waals surface area contributed by atoms with E-state index in [1.165, 1.54) is 12.3 Å². The van der Waals surface area contributed by atoms with Crippen molar-refractivity contribution in [3.63, 3.8) is 0 Å². The number of amides is 3. The van der Waals surface area contributed by atoms with Crippen LogP contribution >= 0.6 is 11.6 Å². The molecule has 2 aromatic heterocycles. The molecule has 0 aliphatic heterocycles. The summed E-state index contributed by atoms with van der Waals surface area (Å²) in [5.74, 6) is -3.06. The van der Waals surface area contributed by atoms with Gasteiger partial charge in [0.25, 0.3) is 5.91 Å². The second-order valence-electron chi connectivity index (χ2n) is 6.15. The van der Waals surface area contributed by atoms with E-state index in [1.54, 1.807) is 0 Å². The second kappa shape index (κ2) is 9.30. The number of nitrogens with zero attached hydrogens (tertiary/aromatic N) is 2. The molecule has 12 heteroatoms. The highest BCUT2D eigenvalue weighted by molar-refractivity contribution is 6.31. The molecule has 8 nitrogen and oxygen atoms in total. The Morgan fingerprint density at radius 2 is 1.77 bits per heavy atom. The predicted octanol–water partition coefficient (Wildman–Crippen LogP) is 2.94. The largest absolute Gasteiger partial charge is 0.396 e. The zero-order valence-electron chi connectivity index (χ0n) is 15.5. The molecule has 0 unspecified atom stereocenters. The summed E-state index contributed by atoms with van der Waals surface area (Å²) in [5, 5.41) is 2.37. The minimum Gasteiger partial charge on any atom is -0.396 e. The lowest BCUT2D eigenvalue weighted by Crippen LogP contribution is -2.46. The zero-order valence-corrected chi connectivity index (χ0v) is 16.3. The fourth-order valence-corrected chi connectivity index (χ4v) is 2.70. The van der Waals surface area contributed by atoms with Gasteiger partial charge in [-0.3, -0.25) is 20.2 Å². The lowest BCUT2D eigenvalue weighted by atomic mass is 10.0. The average Bonchev–Trinajstić information content (AvgIpc) is 2.73. The molecule has 3 amide bonds. The summed E-state index contributed by atoms with van der Waals surface area (Å²) >= 11 is 5.81. The molecule has 0 aliphatic rings. The Labute approximate surface area is 178 Å². The number of hydrazine groups is 1. The highest BCUT2D eigenvalue weighted by Gasteiger charge is 2.14. The maximum atomic E-state index is 14.4. The smallest absolute Gasteiger partial charge is 0.333 e. The van der Waals surface area contributed by atoms with Gasteiger partial charge in [-0.2, -0.15) is 0 Å². The second-order valence-corrected chi connectivity index (χ2v) is 6.59. The SMILES string of the molecule is Nc1c(F)cc(Cl)cc1-c1cnc(CNC(=O)NNC(=O)c2cncc(F)c2)c(F)c1. The quantitative estimate of drug-likeness (QED) is 0.359. The summed E-state index contributed by atoms with van der Waals surface area (Å²) in [7, 11) is 0. The van der Waals surface area contributed by atoms with Crippen LogP contribution in [0.15, 0.2) is 42.9 Å². The van der Waals surface area contributed by atoms with Crippen LogP contribution in [0.2, 0.25) is 5.02 Å².